The van der Waals surface area contributed by atoms with Crippen LogP contribution in [0.4, 0.5) is 5.82 Å². The summed E-state index contributed by atoms with van der Waals surface area (Å²) in [7, 11) is 4.33. The Bertz CT molecular complexity index is 387. The zero-order valence-corrected chi connectivity index (χ0v) is 12.0. The maximum absolute atomic E-state index is 5.66. The van der Waals surface area contributed by atoms with E-state index in [0.29, 0.717) is 5.82 Å². The predicted octanol–water partition coefficient (Wildman–Crippen LogP) is 1.22. The molecule has 0 atom stereocenters. The highest BCUT2D eigenvalue weighted by Crippen LogP contribution is 2.19. The molecule has 106 valence electrons. The summed E-state index contributed by atoms with van der Waals surface area (Å²) in [5, 5.41) is 0. The molecule has 1 fully saturated rings. The summed E-state index contributed by atoms with van der Waals surface area (Å²) < 4.78 is 0. The Kier molecular flexibility index (Phi) is 5.10. The highest BCUT2D eigenvalue weighted by Gasteiger charge is 2.17. The Morgan fingerprint density at radius 2 is 2.16 bits per heavy atom. The van der Waals surface area contributed by atoms with Gasteiger partial charge in [0.05, 0.1) is 6.54 Å². The zero-order valence-electron chi connectivity index (χ0n) is 12.0. The van der Waals surface area contributed by atoms with Gasteiger partial charge in [-0.05, 0) is 65.0 Å². The van der Waals surface area contributed by atoms with E-state index < -0.39 is 0 Å². The van der Waals surface area contributed by atoms with E-state index in [9.17, 15) is 0 Å². The molecule has 1 aliphatic rings. The Labute approximate surface area is 115 Å². The number of hydrogen-bond acceptors (Lipinski definition) is 5. The lowest BCUT2D eigenvalue weighted by atomic mass is 9.94. The average molecular weight is 263 g/mol. The number of aromatic nitrogens is 2. The third-order valence-corrected chi connectivity index (χ3v) is 3.90. The van der Waals surface area contributed by atoms with Crippen molar-refractivity contribution in [3.63, 3.8) is 0 Å². The van der Waals surface area contributed by atoms with E-state index in [-0.39, 0.29) is 0 Å². The van der Waals surface area contributed by atoms with Crippen LogP contribution < -0.4 is 5.73 Å². The number of nitrogens with zero attached hydrogens (tertiary/aromatic N) is 4. The standard InChI is InChI=1S/C14H25N5/c1-18-8-4-12(5-9-18)6-10-19(2)11-14-16-7-3-13(15)17-14/h3,7,12H,4-6,8-11H2,1-2H3,(H2,15,16,17). The van der Waals surface area contributed by atoms with Crippen LogP contribution in [-0.4, -0.2) is 53.5 Å². The molecule has 2 N–H and O–H groups in total. The van der Waals surface area contributed by atoms with E-state index in [1.54, 1.807) is 12.3 Å². The first-order valence-electron chi connectivity index (χ1n) is 7.08. The van der Waals surface area contributed by atoms with Gasteiger partial charge >= 0.3 is 0 Å². The molecule has 5 heteroatoms. The second-order valence-electron chi connectivity index (χ2n) is 5.67. The van der Waals surface area contributed by atoms with E-state index >= 15 is 0 Å². The smallest absolute Gasteiger partial charge is 0.144 e. The van der Waals surface area contributed by atoms with Gasteiger partial charge in [0.25, 0.3) is 0 Å². The van der Waals surface area contributed by atoms with E-state index in [1.165, 1.54) is 32.4 Å². The van der Waals surface area contributed by atoms with E-state index in [2.05, 4.69) is 33.9 Å². The fraction of sp³-hybridized carbons (Fsp3) is 0.714. The fourth-order valence-electron chi connectivity index (χ4n) is 2.57. The van der Waals surface area contributed by atoms with Crippen LogP contribution in [0.5, 0.6) is 0 Å². The predicted molar refractivity (Wildman–Crippen MR) is 77.6 cm³/mol. The van der Waals surface area contributed by atoms with Crippen molar-refractivity contribution in [2.45, 2.75) is 25.8 Å². The summed E-state index contributed by atoms with van der Waals surface area (Å²) in [4.78, 5) is 13.2. The highest BCUT2D eigenvalue weighted by atomic mass is 15.1. The molecule has 5 nitrogen and oxygen atoms in total. The van der Waals surface area contributed by atoms with Crippen molar-refractivity contribution < 1.29 is 0 Å². The molecule has 19 heavy (non-hydrogen) atoms. The molecule has 0 aromatic carbocycles. The molecular weight excluding hydrogens is 238 g/mol. The Balaban J connectivity index is 1.71. The average Bonchev–Trinajstić information content (AvgIpc) is 2.38. The molecule has 1 saturated heterocycles. The summed E-state index contributed by atoms with van der Waals surface area (Å²) in [6.07, 6.45) is 5.66. The quantitative estimate of drug-likeness (QED) is 0.865. The molecule has 2 heterocycles. The minimum Gasteiger partial charge on any atom is -0.384 e. The van der Waals surface area contributed by atoms with Gasteiger partial charge in [0.15, 0.2) is 0 Å². The highest BCUT2D eigenvalue weighted by molar-refractivity contribution is 5.24. The van der Waals surface area contributed by atoms with Gasteiger partial charge in [0, 0.05) is 6.20 Å². The lowest BCUT2D eigenvalue weighted by molar-refractivity contribution is 0.193. The molecule has 1 aromatic rings. The van der Waals surface area contributed by atoms with Gasteiger partial charge in [-0.25, -0.2) is 9.97 Å². The normalized spacial score (nSPS) is 18.1. The van der Waals surface area contributed by atoms with Gasteiger partial charge in [-0.15, -0.1) is 0 Å². The number of hydrogen-bond donors (Lipinski definition) is 1. The van der Waals surface area contributed by atoms with Gasteiger partial charge < -0.3 is 10.6 Å². The van der Waals surface area contributed by atoms with Crippen molar-refractivity contribution in [1.29, 1.82) is 0 Å². The van der Waals surface area contributed by atoms with Gasteiger partial charge in [0.1, 0.15) is 11.6 Å². The lowest BCUT2D eigenvalue weighted by Crippen LogP contribution is -2.32. The number of rotatable bonds is 5. The van der Waals surface area contributed by atoms with Crippen LogP contribution in [0, 0.1) is 5.92 Å². The molecular formula is C14H25N5. The number of anilines is 1. The van der Waals surface area contributed by atoms with Crippen LogP contribution in [0.2, 0.25) is 0 Å². The SMILES string of the molecule is CN1CCC(CCN(C)Cc2nccc(N)n2)CC1. The molecule has 0 bridgehead atoms. The van der Waals surface area contributed by atoms with Crippen LogP contribution in [0.1, 0.15) is 25.1 Å². The van der Waals surface area contributed by atoms with Crippen molar-refractivity contribution in [2.75, 3.05) is 39.5 Å². The zero-order chi connectivity index (χ0) is 13.7. The second-order valence-corrected chi connectivity index (χ2v) is 5.67. The maximum atomic E-state index is 5.66. The third kappa shape index (κ3) is 4.76. The minimum absolute atomic E-state index is 0.550. The van der Waals surface area contributed by atoms with Crippen LogP contribution in [0.25, 0.3) is 0 Å². The second kappa shape index (κ2) is 6.82. The van der Waals surface area contributed by atoms with Crippen molar-refractivity contribution in [1.82, 2.24) is 19.8 Å². The molecule has 0 saturated carbocycles. The Hall–Kier alpha value is -1.20. The molecule has 0 radical (unpaired) electrons. The number of nitrogen functional groups attached to an aromatic ring is 1. The summed E-state index contributed by atoms with van der Waals surface area (Å²) >= 11 is 0. The first kappa shape index (κ1) is 14.2. The van der Waals surface area contributed by atoms with Gasteiger partial charge in [-0.2, -0.15) is 0 Å². The van der Waals surface area contributed by atoms with Crippen molar-refractivity contribution in [2.24, 2.45) is 5.92 Å². The van der Waals surface area contributed by atoms with Crippen LogP contribution in [0.3, 0.4) is 0 Å². The van der Waals surface area contributed by atoms with Crippen LogP contribution >= 0.6 is 0 Å². The monoisotopic (exact) mass is 263 g/mol. The number of piperidine rings is 1. The summed E-state index contributed by atoms with van der Waals surface area (Å²) in [5.74, 6) is 2.24. The van der Waals surface area contributed by atoms with Crippen molar-refractivity contribution in [3.8, 4) is 0 Å². The van der Waals surface area contributed by atoms with E-state index in [0.717, 1.165) is 24.8 Å². The topological polar surface area (TPSA) is 58.3 Å². The van der Waals surface area contributed by atoms with Gasteiger partial charge in [0.2, 0.25) is 0 Å². The third-order valence-electron chi connectivity index (χ3n) is 3.90. The van der Waals surface area contributed by atoms with Crippen LogP contribution in [0.15, 0.2) is 12.3 Å². The lowest BCUT2D eigenvalue weighted by Gasteiger charge is -2.30. The van der Waals surface area contributed by atoms with Gasteiger partial charge in [-0.3, -0.25) is 4.90 Å². The first-order chi connectivity index (χ1) is 9.13. The number of likely N-dealkylation sites (tertiary alicyclic amines) is 1. The Morgan fingerprint density at radius 1 is 1.42 bits per heavy atom. The maximum Gasteiger partial charge on any atom is 0.144 e. The molecule has 0 amide bonds. The molecule has 0 spiro atoms. The number of nitrogens with two attached hydrogens (primary N) is 1. The molecule has 0 unspecified atom stereocenters. The van der Waals surface area contributed by atoms with Crippen molar-refractivity contribution in [3.05, 3.63) is 18.1 Å². The molecule has 1 aliphatic heterocycles. The molecule has 1 aromatic heterocycles. The molecule has 0 aliphatic carbocycles. The minimum atomic E-state index is 0.550. The van der Waals surface area contributed by atoms with E-state index in [4.69, 9.17) is 5.73 Å². The van der Waals surface area contributed by atoms with Gasteiger partial charge in [-0.1, -0.05) is 0 Å². The fourth-order valence-corrected chi connectivity index (χ4v) is 2.57. The Morgan fingerprint density at radius 3 is 2.84 bits per heavy atom. The summed E-state index contributed by atoms with van der Waals surface area (Å²) in [6.45, 7) is 4.36. The largest absolute Gasteiger partial charge is 0.384 e. The van der Waals surface area contributed by atoms with E-state index in [1.807, 2.05) is 0 Å². The van der Waals surface area contributed by atoms with Crippen LogP contribution in [-0.2, 0) is 6.54 Å². The molecule has 2 rings (SSSR count). The summed E-state index contributed by atoms with van der Waals surface area (Å²) in [6, 6.07) is 1.72. The first-order valence-corrected chi connectivity index (χ1v) is 7.08. The van der Waals surface area contributed by atoms with Crippen molar-refractivity contribution >= 4 is 5.82 Å². The summed E-state index contributed by atoms with van der Waals surface area (Å²) in [5.41, 5.74) is 5.66.